The first-order valence-corrected chi connectivity index (χ1v) is 8.51. The summed E-state index contributed by atoms with van der Waals surface area (Å²) in [6.07, 6.45) is 0. The standard InChI is InChI=1S/C16H22N2O2S/c1-11(2)18(12(3)4)21(19,20)16-10-6-7-13-14(16)8-5-9-15(13)17/h5-12H,17H2,1-4H3. The van der Waals surface area contributed by atoms with Gasteiger partial charge in [-0.3, -0.25) is 0 Å². The molecule has 2 aromatic carbocycles. The molecule has 114 valence electrons. The van der Waals surface area contributed by atoms with Crippen LogP contribution < -0.4 is 5.73 Å². The molecule has 2 rings (SSSR count). The number of nitrogen functional groups attached to an aromatic ring is 1. The van der Waals surface area contributed by atoms with Gasteiger partial charge in [-0.1, -0.05) is 24.3 Å². The zero-order valence-electron chi connectivity index (χ0n) is 12.9. The third-order valence-corrected chi connectivity index (χ3v) is 5.80. The van der Waals surface area contributed by atoms with Gasteiger partial charge in [0.05, 0.1) is 4.90 Å². The molecule has 0 fully saturated rings. The Kier molecular flexibility index (Phi) is 4.25. The van der Waals surface area contributed by atoms with E-state index >= 15 is 0 Å². The lowest BCUT2D eigenvalue weighted by atomic mass is 10.1. The molecule has 0 aliphatic heterocycles. The topological polar surface area (TPSA) is 63.4 Å². The van der Waals surface area contributed by atoms with Crippen molar-refractivity contribution < 1.29 is 8.42 Å². The van der Waals surface area contributed by atoms with E-state index in [2.05, 4.69) is 0 Å². The fourth-order valence-electron chi connectivity index (χ4n) is 2.80. The molecule has 0 bridgehead atoms. The summed E-state index contributed by atoms with van der Waals surface area (Å²) in [5.41, 5.74) is 6.54. The van der Waals surface area contributed by atoms with Crippen LogP contribution in [-0.2, 0) is 10.0 Å². The SMILES string of the molecule is CC(C)N(C(C)C)S(=O)(=O)c1cccc2c(N)cccc12. The summed E-state index contributed by atoms with van der Waals surface area (Å²) < 4.78 is 27.6. The molecule has 0 saturated carbocycles. The van der Waals surface area contributed by atoms with Crippen LogP contribution in [-0.4, -0.2) is 24.8 Å². The smallest absolute Gasteiger partial charge is 0.244 e. The third-order valence-electron chi connectivity index (χ3n) is 3.49. The maximum atomic E-state index is 13.0. The molecule has 5 heteroatoms. The van der Waals surface area contributed by atoms with E-state index in [0.29, 0.717) is 16.0 Å². The van der Waals surface area contributed by atoms with Gasteiger partial charge in [-0.15, -0.1) is 0 Å². The Morgan fingerprint density at radius 3 is 2.00 bits per heavy atom. The number of sulfonamides is 1. The Morgan fingerprint density at radius 2 is 1.43 bits per heavy atom. The van der Waals surface area contributed by atoms with Gasteiger partial charge >= 0.3 is 0 Å². The van der Waals surface area contributed by atoms with Crippen molar-refractivity contribution in [3.8, 4) is 0 Å². The molecule has 0 unspecified atom stereocenters. The largest absolute Gasteiger partial charge is 0.398 e. The molecule has 0 amide bonds. The number of anilines is 1. The minimum absolute atomic E-state index is 0.105. The fourth-order valence-corrected chi connectivity index (χ4v) is 4.84. The number of benzene rings is 2. The molecule has 0 spiro atoms. The summed E-state index contributed by atoms with van der Waals surface area (Å²) in [6, 6.07) is 10.4. The molecular formula is C16H22N2O2S. The molecule has 0 aliphatic rings. The van der Waals surface area contributed by atoms with E-state index in [1.165, 1.54) is 4.31 Å². The first kappa shape index (κ1) is 15.8. The van der Waals surface area contributed by atoms with Crippen LogP contribution in [0.4, 0.5) is 5.69 Å². The van der Waals surface area contributed by atoms with E-state index in [1.807, 2.05) is 33.8 Å². The summed E-state index contributed by atoms with van der Waals surface area (Å²) >= 11 is 0. The van der Waals surface area contributed by atoms with Crippen molar-refractivity contribution in [2.75, 3.05) is 5.73 Å². The van der Waals surface area contributed by atoms with Gasteiger partial charge in [0.2, 0.25) is 10.0 Å². The highest BCUT2D eigenvalue weighted by Crippen LogP contribution is 2.30. The Bertz CT molecular complexity index is 744. The summed E-state index contributed by atoms with van der Waals surface area (Å²) in [7, 11) is -3.57. The van der Waals surface area contributed by atoms with Gasteiger partial charge in [0.1, 0.15) is 0 Å². The van der Waals surface area contributed by atoms with Crippen LogP contribution >= 0.6 is 0 Å². The normalized spacial score (nSPS) is 12.7. The lowest BCUT2D eigenvalue weighted by molar-refractivity contribution is 0.302. The Labute approximate surface area is 126 Å². The van der Waals surface area contributed by atoms with Crippen molar-refractivity contribution in [1.82, 2.24) is 4.31 Å². The Balaban J connectivity index is 2.74. The molecular weight excluding hydrogens is 284 g/mol. The van der Waals surface area contributed by atoms with Gasteiger partial charge < -0.3 is 5.73 Å². The second-order valence-corrected chi connectivity index (χ2v) is 7.53. The predicted molar refractivity (Wildman–Crippen MR) is 87.7 cm³/mol. The van der Waals surface area contributed by atoms with Crippen LogP contribution in [0.1, 0.15) is 27.7 Å². The van der Waals surface area contributed by atoms with Crippen molar-refractivity contribution in [1.29, 1.82) is 0 Å². The maximum Gasteiger partial charge on any atom is 0.244 e. The minimum Gasteiger partial charge on any atom is -0.398 e. The highest BCUT2D eigenvalue weighted by atomic mass is 32.2. The Hall–Kier alpha value is -1.59. The van der Waals surface area contributed by atoms with Crippen molar-refractivity contribution >= 4 is 26.5 Å². The maximum absolute atomic E-state index is 13.0. The number of hydrogen-bond acceptors (Lipinski definition) is 3. The van der Waals surface area contributed by atoms with E-state index in [4.69, 9.17) is 5.73 Å². The van der Waals surface area contributed by atoms with Crippen LogP contribution in [0.2, 0.25) is 0 Å². The summed E-state index contributed by atoms with van der Waals surface area (Å²) in [5.74, 6) is 0. The number of fused-ring (bicyclic) bond motifs is 1. The summed E-state index contributed by atoms with van der Waals surface area (Å²) in [5, 5.41) is 1.44. The van der Waals surface area contributed by atoms with Crippen LogP contribution in [0.5, 0.6) is 0 Å². The average Bonchev–Trinajstić information content (AvgIpc) is 2.37. The third kappa shape index (κ3) is 2.76. The lowest BCUT2D eigenvalue weighted by Crippen LogP contribution is -2.41. The van der Waals surface area contributed by atoms with E-state index in [-0.39, 0.29) is 12.1 Å². The van der Waals surface area contributed by atoms with E-state index in [1.54, 1.807) is 30.3 Å². The van der Waals surface area contributed by atoms with Crippen LogP contribution in [0, 0.1) is 0 Å². The molecule has 0 aromatic heterocycles. The molecule has 0 heterocycles. The van der Waals surface area contributed by atoms with E-state index in [9.17, 15) is 8.42 Å². The predicted octanol–water partition coefficient (Wildman–Crippen LogP) is 3.23. The summed E-state index contributed by atoms with van der Waals surface area (Å²) in [4.78, 5) is 0.315. The number of nitrogens with two attached hydrogens (primary N) is 1. The van der Waals surface area contributed by atoms with Crippen molar-refractivity contribution in [2.24, 2.45) is 0 Å². The fraction of sp³-hybridized carbons (Fsp3) is 0.375. The number of rotatable bonds is 4. The molecule has 4 nitrogen and oxygen atoms in total. The highest BCUT2D eigenvalue weighted by molar-refractivity contribution is 7.89. The van der Waals surface area contributed by atoms with Gasteiger partial charge in [0, 0.05) is 28.5 Å². The van der Waals surface area contributed by atoms with E-state index in [0.717, 1.165) is 5.39 Å². The number of nitrogens with zero attached hydrogens (tertiary/aromatic N) is 1. The lowest BCUT2D eigenvalue weighted by Gasteiger charge is -2.30. The van der Waals surface area contributed by atoms with Crippen LogP contribution in [0.3, 0.4) is 0 Å². The molecule has 0 radical (unpaired) electrons. The Morgan fingerprint density at radius 1 is 0.905 bits per heavy atom. The zero-order chi connectivity index (χ0) is 15.8. The molecule has 2 aromatic rings. The van der Waals surface area contributed by atoms with E-state index < -0.39 is 10.0 Å². The van der Waals surface area contributed by atoms with Crippen molar-refractivity contribution in [2.45, 2.75) is 44.7 Å². The van der Waals surface area contributed by atoms with Gasteiger partial charge in [-0.25, -0.2) is 8.42 Å². The first-order valence-electron chi connectivity index (χ1n) is 7.07. The van der Waals surface area contributed by atoms with Crippen molar-refractivity contribution in [3.05, 3.63) is 36.4 Å². The van der Waals surface area contributed by atoms with Crippen molar-refractivity contribution in [3.63, 3.8) is 0 Å². The van der Waals surface area contributed by atoms with Crippen LogP contribution in [0.25, 0.3) is 10.8 Å². The second-order valence-electron chi connectivity index (χ2n) is 5.72. The quantitative estimate of drug-likeness (QED) is 0.882. The second kappa shape index (κ2) is 5.66. The molecule has 21 heavy (non-hydrogen) atoms. The number of hydrogen-bond donors (Lipinski definition) is 1. The minimum atomic E-state index is -3.57. The van der Waals surface area contributed by atoms with Gasteiger partial charge in [0.15, 0.2) is 0 Å². The molecule has 0 atom stereocenters. The van der Waals surface area contributed by atoms with Gasteiger partial charge in [-0.2, -0.15) is 4.31 Å². The first-order chi connectivity index (χ1) is 9.76. The van der Waals surface area contributed by atoms with Gasteiger partial charge in [-0.05, 0) is 39.8 Å². The molecule has 2 N–H and O–H groups in total. The zero-order valence-corrected chi connectivity index (χ0v) is 13.7. The highest BCUT2D eigenvalue weighted by Gasteiger charge is 2.30. The summed E-state index contributed by atoms with van der Waals surface area (Å²) in [6.45, 7) is 7.54. The molecule has 0 saturated heterocycles. The average molecular weight is 306 g/mol. The van der Waals surface area contributed by atoms with Crippen LogP contribution in [0.15, 0.2) is 41.3 Å². The van der Waals surface area contributed by atoms with Gasteiger partial charge in [0.25, 0.3) is 0 Å². The monoisotopic (exact) mass is 306 g/mol. The molecule has 0 aliphatic carbocycles.